The summed E-state index contributed by atoms with van der Waals surface area (Å²) in [5.74, 6) is 0.277. The molecule has 1 saturated carbocycles. The molecular formula is C26H22Cl5N3. The lowest BCUT2D eigenvalue weighted by Gasteiger charge is -2.15. The molecule has 1 aliphatic carbocycles. The molecule has 1 aromatic heterocycles. The van der Waals surface area contributed by atoms with Gasteiger partial charge in [-0.3, -0.25) is 0 Å². The molecule has 8 heteroatoms. The standard InChI is InChI=1S/C26H22Cl5N3/c1-13-7-23(32-12-14(13)2)34-15(3)21-11-20(5-6-22(21)29)33-16(4)24-25(26(24,30)31)17-8-18(27)10-19(28)9-17/h5-12,24-25,33H,3-4H2,1-2H3,(H,32,34). The van der Waals surface area contributed by atoms with Crippen LogP contribution in [0, 0.1) is 19.8 Å². The van der Waals surface area contributed by atoms with Crippen LogP contribution in [0.4, 0.5) is 11.5 Å². The molecule has 3 nitrogen and oxygen atoms in total. The van der Waals surface area contributed by atoms with Gasteiger partial charge in [-0.15, -0.1) is 23.2 Å². The lowest BCUT2D eigenvalue weighted by atomic mass is 10.1. The van der Waals surface area contributed by atoms with Gasteiger partial charge in [0.15, 0.2) is 0 Å². The van der Waals surface area contributed by atoms with E-state index in [1.54, 1.807) is 12.1 Å². The highest BCUT2D eigenvalue weighted by Gasteiger charge is 2.65. The van der Waals surface area contributed by atoms with Crippen LogP contribution in [-0.2, 0) is 0 Å². The van der Waals surface area contributed by atoms with Gasteiger partial charge in [0.1, 0.15) is 10.2 Å². The van der Waals surface area contributed by atoms with E-state index in [0.29, 0.717) is 32.3 Å². The molecule has 0 radical (unpaired) electrons. The van der Waals surface area contributed by atoms with E-state index in [9.17, 15) is 0 Å². The van der Waals surface area contributed by atoms with Crippen molar-refractivity contribution in [2.24, 2.45) is 5.92 Å². The normalized spacial score (nSPS) is 18.3. The van der Waals surface area contributed by atoms with Crippen molar-refractivity contribution in [1.82, 2.24) is 4.98 Å². The second kappa shape index (κ2) is 9.64. The maximum atomic E-state index is 6.62. The van der Waals surface area contributed by atoms with Crippen LogP contribution < -0.4 is 10.6 Å². The maximum Gasteiger partial charge on any atom is 0.134 e. The van der Waals surface area contributed by atoms with E-state index in [-0.39, 0.29) is 11.8 Å². The number of pyridine rings is 1. The van der Waals surface area contributed by atoms with Crippen LogP contribution in [0.2, 0.25) is 15.1 Å². The Morgan fingerprint density at radius 1 is 0.912 bits per heavy atom. The molecule has 1 aliphatic rings. The first-order valence-corrected chi connectivity index (χ1v) is 12.3. The highest BCUT2D eigenvalue weighted by atomic mass is 35.5. The Hall–Kier alpha value is -1.88. The number of nitrogens with zero attached hydrogens (tertiary/aromatic N) is 1. The zero-order valence-electron chi connectivity index (χ0n) is 18.5. The smallest absolute Gasteiger partial charge is 0.134 e. The highest BCUT2D eigenvalue weighted by molar-refractivity contribution is 6.52. The Bertz CT molecular complexity index is 1280. The number of aromatic nitrogens is 1. The molecule has 0 amide bonds. The predicted octanol–water partition coefficient (Wildman–Crippen LogP) is 9.25. The first-order valence-electron chi connectivity index (χ1n) is 10.5. The second-order valence-electron chi connectivity index (χ2n) is 8.43. The van der Waals surface area contributed by atoms with Gasteiger partial charge in [0, 0.05) is 50.7 Å². The number of rotatable bonds is 7. The summed E-state index contributed by atoms with van der Waals surface area (Å²) >= 11 is 32.0. The Morgan fingerprint density at radius 2 is 1.59 bits per heavy atom. The van der Waals surface area contributed by atoms with Gasteiger partial charge < -0.3 is 10.6 Å². The van der Waals surface area contributed by atoms with Crippen LogP contribution in [0.15, 0.2) is 67.5 Å². The molecule has 0 saturated heterocycles. The minimum Gasteiger partial charge on any atom is -0.359 e. The third kappa shape index (κ3) is 5.19. The van der Waals surface area contributed by atoms with E-state index in [2.05, 4.69) is 28.8 Å². The van der Waals surface area contributed by atoms with Crippen molar-refractivity contribution in [3.8, 4) is 0 Å². The first-order chi connectivity index (χ1) is 16.0. The Morgan fingerprint density at radius 3 is 2.24 bits per heavy atom. The fourth-order valence-electron chi connectivity index (χ4n) is 3.94. The Labute approximate surface area is 224 Å². The van der Waals surface area contributed by atoms with Crippen molar-refractivity contribution in [2.45, 2.75) is 24.1 Å². The summed E-state index contributed by atoms with van der Waals surface area (Å²) in [5.41, 5.74) is 5.92. The van der Waals surface area contributed by atoms with Gasteiger partial charge in [-0.25, -0.2) is 4.98 Å². The number of halogens is 5. The number of aryl methyl sites for hydroxylation is 2. The second-order valence-corrected chi connectivity index (χ2v) is 11.2. The summed E-state index contributed by atoms with van der Waals surface area (Å²) in [6.45, 7) is 12.4. The summed E-state index contributed by atoms with van der Waals surface area (Å²) in [6.07, 6.45) is 1.82. The predicted molar refractivity (Wildman–Crippen MR) is 148 cm³/mol. The topological polar surface area (TPSA) is 37.0 Å². The maximum absolute atomic E-state index is 6.62. The lowest BCUT2D eigenvalue weighted by Crippen LogP contribution is -2.06. The third-order valence-corrected chi connectivity index (χ3v) is 7.63. The minimum atomic E-state index is -1.02. The van der Waals surface area contributed by atoms with Crippen LogP contribution in [0.1, 0.15) is 28.2 Å². The number of hydrogen-bond acceptors (Lipinski definition) is 3. The van der Waals surface area contributed by atoms with Crippen LogP contribution >= 0.6 is 58.0 Å². The van der Waals surface area contributed by atoms with Crippen molar-refractivity contribution in [2.75, 3.05) is 10.6 Å². The molecule has 2 aromatic carbocycles. The van der Waals surface area contributed by atoms with Crippen molar-refractivity contribution in [1.29, 1.82) is 0 Å². The molecule has 4 rings (SSSR count). The fourth-order valence-corrected chi connectivity index (χ4v) is 5.61. The van der Waals surface area contributed by atoms with Gasteiger partial charge in [-0.1, -0.05) is 48.0 Å². The number of nitrogens with one attached hydrogen (secondary N) is 2. The molecule has 1 heterocycles. The van der Waals surface area contributed by atoms with Gasteiger partial charge in [-0.2, -0.15) is 0 Å². The zero-order chi connectivity index (χ0) is 24.8. The molecule has 176 valence electrons. The molecule has 34 heavy (non-hydrogen) atoms. The summed E-state index contributed by atoms with van der Waals surface area (Å²) in [5, 5.41) is 8.16. The monoisotopic (exact) mass is 551 g/mol. The van der Waals surface area contributed by atoms with E-state index in [4.69, 9.17) is 58.0 Å². The van der Waals surface area contributed by atoms with Crippen molar-refractivity contribution in [3.63, 3.8) is 0 Å². The van der Waals surface area contributed by atoms with Gasteiger partial charge in [0.2, 0.25) is 0 Å². The summed E-state index contributed by atoms with van der Waals surface area (Å²) in [4.78, 5) is 4.41. The van der Waals surface area contributed by atoms with Crippen LogP contribution in [0.5, 0.6) is 0 Å². The average Bonchev–Trinajstić information content (AvgIpc) is 3.33. The van der Waals surface area contributed by atoms with Crippen LogP contribution in [0.3, 0.4) is 0 Å². The van der Waals surface area contributed by atoms with Gasteiger partial charge in [0.05, 0.1) is 5.02 Å². The van der Waals surface area contributed by atoms with Crippen LogP contribution in [-0.4, -0.2) is 9.32 Å². The summed E-state index contributed by atoms with van der Waals surface area (Å²) in [6, 6.07) is 12.8. The number of benzene rings is 2. The van der Waals surface area contributed by atoms with Crippen LogP contribution in [0.25, 0.3) is 5.70 Å². The largest absolute Gasteiger partial charge is 0.359 e. The number of allylic oxidation sites excluding steroid dienone is 1. The molecule has 0 bridgehead atoms. The summed E-state index contributed by atoms with van der Waals surface area (Å²) < 4.78 is -1.02. The van der Waals surface area contributed by atoms with Crippen molar-refractivity contribution in [3.05, 3.63) is 105 Å². The van der Waals surface area contributed by atoms with E-state index < -0.39 is 4.33 Å². The molecule has 2 atom stereocenters. The number of alkyl halides is 2. The SMILES string of the molecule is C=C(Nc1cc(C)c(C)cn1)c1cc(NC(=C)C2C(c3cc(Cl)cc(Cl)c3)C2(Cl)Cl)ccc1Cl. The first kappa shape index (κ1) is 25.2. The third-order valence-electron chi connectivity index (χ3n) is 5.92. The van der Waals surface area contributed by atoms with Gasteiger partial charge in [-0.05, 0) is 73.0 Å². The molecule has 2 N–H and O–H groups in total. The quantitative estimate of drug-likeness (QED) is 0.286. The fraction of sp³-hybridized carbons (Fsp3) is 0.192. The molecule has 1 fully saturated rings. The van der Waals surface area contributed by atoms with E-state index >= 15 is 0 Å². The van der Waals surface area contributed by atoms with E-state index in [0.717, 1.165) is 27.9 Å². The summed E-state index contributed by atoms with van der Waals surface area (Å²) in [7, 11) is 0. The Balaban J connectivity index is 1.51. The molecular weight excluding hydrogens is 532 g/mol. The van der Waals surface area contributed by atoms with E-state index in [1.807, 2.05) is 50.4 Å². The zero-order valence-corrected chi connectivity index (χ0v) is 22.3. The molecule has 0 spiro atoms. The van der Waals surface area contributed by atoms with E-state index in [1.165, 1.54) is 0 Å². The minimum absolute atomic E-state index is 0.189. The van der Waals surface area contributed by atoms with Gasteiger partial charge in [0.25, 0.3) is 0 Å². The van der Waals surface area contributed by atoms with Gasteiger partial charge >= 0.3 is 0 Å². The molecule has 3 aromatic rings. The molecule has 0 aliphatic heterocycles. The molecule has 2 unspecified atom stereocenters. The van der Waals surface area contributed by atoms with Crippen molar-refractivity contribution >= 4 is 75.2 Å². The number of anilines is 2. The highest BCUT2D eigenvalue weighted by Crippen LogP contribution is 2.67. The van der Waals surface area contributed by atoms with Crippen molar-refractivity contribution < 1.29 is 0 Å². The Kier molecular flexibility index (Phi) is 7.15. The lowest BCUT2D eigenvalue weighted by molar-refractivity contribution is 0.947. The number of hydrogen-bond donors (Lipinski definition) is 2. The average molecular weight is 554 g/mol.